The van der Waals surface area contributed by atoms with E-state index in [0.717, 1.165) is 28.8 Å². The molecule has 0 aliphatic rings. The van der Waals surface area contributed by atoms with E-state index in [9.17, 15) is 4.79 Å². The summed E-state index contributed by atoms with van der Waals surface area (Å²) in [6.07, 6.45) is 11.5. The number of allylic oxidation sites excluding steroid dienone is 1. The first-order valence-electron chi connectivity index (χ1n) is 9.87. The van der Waals surface area contributed by atoms with Crippen LogP contribution in [0.3, 0.4) is 0 Å². The Balaban J connectivity index is 1.84. The van der Waals surface area contributed by atoms with Gasteiger partial charge in [0.05, 0.1) is 5.71 Å². The molecule has 1 N–H and O–H groups in total. The van der Waals surface area contributed by atoms with Crippen molar-refractivity contribution < 1.29 is 14.6 Å². The van der Waals surface area contributed by atoms with Crippen molar-refractivity contribution in [3.8, 4) is 28.1 Å². The summed E-state index contributed by atoms with van der Waals surface area (Å²) in [5.41, 5.74) is 4.08. The van der Waals surface area contributed by atoms with Crippen molar-refractivity contribution in [3.05, 3.63) is 79.9 Å². The smallest absolute Gasteiger partial charge is 0.325 e. The number of aliphatic carboxylic acids is 1. The van der Waals surface area contributed by atoms with Gasteiger partial charge in [0.25, 0.3) is 0 Å². The van der Waals surface area contributed by atoms with Crippen molar-refractivity contribution >= 4 is 11.7 Å². The highest BCUT2D eigenvalue weighted by atomic mass is 16.5. The first kappa shape index (κ1) is 21.7. The predicted molar refractivity (Wildman–Crippen MR) is 121 cm³/mol. The first-order chi connectivity index (χ1) is 15.1. The summed E-state index contributed by atoms with van der Waals surface area (Å²) in [5, 5.41) is 13.6. The van der Waals surface area contributed by atoms with Gasteiger partial charge in [-0.25, -0.2) is 0 Å². The molecule has 0 bridgehead atoms. The van der Waals surface area contributed by atoms with Crippen LogP contribution in [0.2, 0.25) is 0 Å². The Kier molecular flexibility index (Phi) is 7.48. The highest BCUT2D eigenvalue weighted by molar-refractivity contribution is 5.96. The van der Waals surface area contributed by atoms with Crippen molar-refractivity contribution in [2.45, 2.75) is 19.9 Å². The molecule has 2 aromatic heterocycles. The van der Waals surface area contributed by atoms with Crippen LogP contribution in [0, 0.1) is 0 Å². The lowest BCUT2D eigenvalue weighted by atomic mass is 10.0. The van der Waals surface area contributed by atoms with Crippen LogP contribution in [-0.4, -0.2) is 38.2 Å². The number of carbonyl (C=O) groups is 1. The number of carboxylic acids is 1. The average Bonchev–Trinajstić information content (AvgIpc) is 3.19. The second-order valence-corrected chi connectivity index (χ2v) is 6.65. The lowest BCUT2D eigenvalue weighted by Crippen LogP contribution is -2.09. The molecular formula is C24H24N4O3. The number of ether oxygens (including phenoxy) is 1. The van der Waals surface area contributed by atoms with Gasteiger partial charge in [0.15, 0.2) is 0 Å². The number of aromatic nitrogens is 3. The molecule has 1 aromatic carbocycles. The number of carboxylic acid groups (broad SMARTS) is 1. The van der Waals surface area contributed by atoms with E-state index in [1.54, 1.807) is 18.6 Å². The van der Waals surface area contributed by atoms with Gasteiger partial charge in [0.1, 0.15) is 24.6 Å². The molecule has 3 aromatic rings. The number of benzene rings is 1. The summed E-state index contributed by atoms with van der Waals surface area (Å²) in [6, 6.07) is 11.3. The van der Waals surface area contributed by atoms with Crippen molar-refractivity contribution in [2.24, 2.45) is 4.99 Å². The molecule has 0 amide bonds. The molecular weight excluding hydrogens is 392 g/mol. The monoisotopic (exact) mass is 416 g/mol. The van der Waals surface area contributed by atoms with Gasteiger partial charge in [-0.1, -0.05) is 19.6 Å². The summed E-state index contributed by atoms with van der Waals surface area (Å²) in [5.74, 6) is -0.256. The molecule has 0 radical (unpaired) electrons. The highest BCUT2D eigenvalue weighted by Gasteiger charge is 2.14. The molecule has 31 heavy (non-hydrogen) atoms. The second-order valence-electron chi connectivity index (χ2n) is 6.65. The molecule has 0 fully saturated rings. The van der Waals surface area contributed by atoms with E-state index < -0.39 is 5.97 Å². The van der Waals surface area contributed by atoms with Gasteiger partial charge in [-0.3, -0.25) is 19.5 Å². The molecule has 0 aliphatic heterocycles. The normalized spacial score (nSPS) is 11.6. The zero-order valence-corrected chi connectivity index (χ0v) is 17.3. The van der Waals surface area contributed by atoms with Gasteiger partial charge >= 0.3 is 5.97 Å². The van der Waals surface area contributed by atoms with E-state index >= 15 is 0 Å². The number of hydrogen-bond acceptors (Lipinski definition) is 5. The van der Waals surface area contributed by atoms with Crippen LogP contribution in [0.15, 0.2) is 84.9 Å². The fraction of sp³-hybridized carbons (Fsp3) is 0.167. The first-order valence-corrected chi connectivity index (χ1v) is 9.87. The fourth-order valence-corrected chi connectivity index (χ4v) is 2.96. The minimum atomic E-state index is -0.951. The quantitative estimate of drug-likeness (QED) is 0.487. The third-order valence-corrected chi connectivity index (χ3v) is 4.37. The third kappa shape index (κ3) is 5.99. The summed E-state index contributed by atoms with van der Waals surface area (Å²) in [6.45, 7) is 5.81. The van der Waals surface area contributed by atoms with Crippen molar-refractivity contribution in [1.82, 2.24) is 14.8 Å². The molecule has 0 saturated carbocycles. The number of nitrogens with zero attached hydrogens (tertiary/aromatic N) is 4. The number of hydrogen-bond donors (Lipinski definition) is 1. The van der Waals surface area contributed by atoms with Crippen LogP contribution in [-0.2, 0) is 11.3 Å². The molecule has 158 valence electrons. The van der Waals surface area contributed by atoms with Crippen LogP contribution >= 0.6 is 0 Å². The summed E-state index contributed by atoms with van der Waals surface area (Å²) in [7, 11) is 0. The molecule has 7 nitrogen and oxygen atoms in total. The van der Waals surface area contributed by atoms with Crippen LogP contribution in [0.25, 0.3) is 22.4 Å². The maximum Gasteiger partial charge on any atom is 0.325 e. The van der Waals surface area contributed by atoms with E-state index in [0.29, 0.717) is 18.1 Å². The summed E-state index contributed by atoms with van der Waals surface area (Å²) >= 11 is 0. The van der Waals surface area contributed by atoms with E-state index in [1.807, 2.05) is 48.6 Å². The van der Waals surface area contributed by atoms with Crippen LogP contribution in [0.4, 0.5) is 0 Å². The summed E-state index contributed by atoms with van der Waals surface area (Å²) in [4.78, 5) is 19.4. The van der Waals surface area contributed by atoms with Crippen molar-refractivity contribution in [2.75, 3.05) is 6.61 Å². The van der Waals surface area contributed by atoms with Crippen LogP contribution in [0.5, 0.6) is 5.75 Å². The SMILES string of the molecule is C=CN=C(/C=C\CC)COc1ccc(-c2nn(CC(=O)O)cc2-c2ccncc2)cc1. The highest BCUT2D eigenvalue weighted by Crippen LogP contribution is 2.31. The van der Waals surface area contributed by atoms with E-state index in [2.05, 4.69) is 28.6 Å². The Labute approximate surface area is 181 Å². The fourth-order valence-electron chi connectivity index (χ4n) is 2.96. The molecule has 0 aliphatic carbocycles. The largest absolute Gasteiger partial charge is 0.487 e. The predicted octanol–water partition coefficient (Wildman–Crippen LogP) is 4.63. The molecule has 7 heteroatoms. The maximum atomic E-state index is 11.1. The Hall–Kier alpha value is -4.00. The van der Waals surface area contributed by atoms with Gasteiger partial charge in [-0.15, -0.1) is 0 Å². The van der Waals surface area contributed by atoms with Crippen molar-refractivity contribution in [1.29, 1.82) is 0 Å². The zero-order valence-electron chi connectivity index (χ0n) is 17.3. The minimum Gasteiger partial charge on any atom is -0.487 e. The Morgan fingerprint density at radius 1 is 1.19 bits per heavy atom. The standard InChI is InChI=1S/C24H24N4O3/c1-3-5-6-20(26-4-2)17-31-21-9-7-19(8-10-21)24-22(18-11-13-25-14-12-18)15-28(27-24)16-23(29)30/h4-15H,2-3,16-17H2,1H3,(H,29,30)/b6-5-,26-20?. The Morgan fingerprint density at radius 3 is 2.58 bits per heavy atom. The molecule has 0 unspecified atom stereocenters. The van der Waals surface area contributed by atoms with Crippen LogP contribution < -0.4 is 4.74 Å². The molecule has 0 saturated heterocycles. The zero-order chi connectivity index (χ0) is 22.1. The topological polar surface area (TPSA) is 89.6 Å². The van der Waals surface area contributed by atoms with E-state index in [4.69, 9.17) is 9.84 Å². The second kappa shape index (κ2) is 10.7. The number of rotatable bonds is 10. The van der Waals surface area contributed by atoms with Gasteiger partial charge in [-0.05, 0) is 54.5 Å². The minimum absolute atomic E-state index is 0.212. The van der Waals surface area contributed by atoms with Gasteiger partial charge in [0, 0.05) is 35.9 Å². The van der Waals surface area contributed by atoms with E-state index in [-0.39, 0.29) is 6.54 Å². The maximum absolute atomic E-state index is 11.1. The average molecular weight is 416 g/mol. The molecule has 3 rings (SSSR count). The molecule has 0 spiro atoms. The van der Waals surface area contributed by atoms with Crippen molar-refractivity contribution in [3.63, 3.8) is 0 Å². The lowest BCUT2D eigenvalue weighted by Gasteiger charge is -2.08. The van der Waals surface area contributed by atoms with Gasteiger partial charge in [-0.2, -0.15) is 5.10 Å². The van der Waals surface area contributed by atoms with Gasteiger partial charge in [0.2, 0.25) is 0 Å². The Morgan fingerprint density at radius 2 is 1.94 bits per heavy atom. The lowest BCUT2D eigenvalue weighted by molar-refractivity contribution is -0.137. The summed E-state index contributed by atoms with van der Waals surface area (Å²) < 4.78 is 7.27. The van der Waals surface area contributed by atoms with Crippen LogP contribution in [0.1, 0.15) is 13.3 Å². The molecule has 2 heterocycles. The van der Waals surface area contributed by atoms with Gasteiger partial charge < -0.3 is 9.84 Å². The third-order valence-electron chi connectivity index (χ3n) is 4.37. The number of pyridine rings is 1. The van der Waals surface area contributed by atoms with E-state index in [1.165, 1.54) is 10.9 Å². The molecule has 0 atom stereocenters. The Bertz CT molecular complexity index is 1080. The number of aliphatic imine (C=N–C) groups is 1.